The number of allylic oxidation sites excluding steroid dienone is 2. The molecule has 0 bridgehead atoms. The van der Waals surface area contributed by atoms with Crippen LogP contribution in [0.1, 0.15) is 57.6 Å². The molecule has 49 heavy (non-hydrogen) atoms. The van der Waals surface area contributed by atoms with Gasteiger partial charge in [0.15, 0.2) is 5.78 Å². The molecule has 0 spiro atoms. The maximum atomic E-state index is 14.2. The van der Waals surface area contributed by atoms with Gasteiger partial charge in [-0.3, -0.25) is 9.78 Å². The zero-order valence-electron chi connectivity index (χ0n) is 29.2. The van der Waals surface area contributed by atoms with Gasteiger partial charge < -0.3 is 9.52 Å². The van der Waals surface area contributed by atoms with E-state index in [1.807, 2.05) is 26.8 Å². The Morgan fingerprint density at radius 2 is 1.57 bits per heavy atom. The van der Waals surface area contributed by atoms with Crippen LogP contribution in [-0.4, -0.2) is 30.1 Å². The molecule has 10 heteroatoms. The van der Waals surface area contributed by atoms with E-state index in [0.29, 0.717) is 29.6 Å². The largest absolute Gasteiger partial charge is 0.512 e. The first-order chi connectivity index (χ1) is 22.5. The summed E-state index contributed by atoms with van der Waals surface area (Å²) in [6.07, 6.45) is -3.09. The minimum Gasteiger partial charge on any atom is -0.512 e. The fraction of sp³-hybridized carbons (Fsp3) is 0.385. The predicted molar refractivity (Wildman–Crippen MR) is 190 cm³/mol. The number of halogens is 4. The topological polar surface area (TPSA) is 63.3 Å². The number of rotatable bonds is 9. The van der Waals surface area contributed by atoms with Gasteiger partial charge in [0.1, 0.15) is 11.4 Å². The summed E-state index contributed by atoms with van der Waals surface area (Å²) in [5.41, 5.74) is 5.52. The maximum absolute atomic E-state index is 14.2. The van der Waals surface area contributed by atoms with E-state index in [4.69, 9.17) is 9.40 Å². The molecule has 0 saturated carbocycles. The molecule has 0 aliphatic carbocycles. The molecule has 5 aromatic rings. The van der Waals surface area contributed by atoms with Crippen molar-refractivity contribution in [2.24, 2.45) is 11.8 Å². The van der Waals surface area contributed by atoms with Gasteiger partial charge in [0, 0.05) is 49.0 Å². The zero-order chi connectivity index (χ0) is 35.6. The number of aryl methyl sites for hydroxylation is 2. The third-order valence-electron chi connectivity index (χ3n) is 8.84. The summed E-state index contributed by atoms with van der Waals surface area (Å²) in [6, 6.07) is 19.4. The normalized spacial score (nSPS) is 13.0. The number of fused-ring (bicyclic) bond motifs is 4. The molecule has 265 valence electrons. The Morgan fingerprint density at radius 3 is 2.16 bits per heavy atom. The molecule has 0 saturated heterocycles. The molecule has 0 aliphatic rings. The zero-order valence-corrected chi connectivity index (χ0v) is 32.6. The average Bonchev–Trinajstić information content (AvgIpc) is 3.39. The number of pyridine rings is 1. The van der Waals surface area contributed by atoms with Crippen LogP contribution in [0.2, 0.25) is 19.6 Å². The van der Waals surface area contributed by atoms with E-state index in [9.17, 15) is 27.5 Å². The van der Waals surface area contributed by atoms with Crippen molar-refractivity contribution in [2.45, 2.75) is 86.1 Å². The fourth-order valence-corrected chi connectivity index (χ4v) is 7.63. The molecule has 1 atom stereocenters. The standard InChI is InChI=1S/C26H23FNOSi.C13H21F3O2.Ir/c1-15-12-19-17-10-11-21(27)16(2)25(17)29-26(19)20(13-15)23-14-24(30(3,4)5)18-8-6-7-9-22(18)28-23;1-4-9(5-2)11(17)7-12(18)10(6-3)8-13(14,15)16;/h6-12,14H,1-5H3;7,9-10,17H,4-6,8H2,1-3H3;/q-1;;/b;11-7-;. The maximum Gasteiger partial charge on any atom is 0.389 e. The van der Waals surface area contributed by atoms with Gasteiger partial charge in [0.2, 0.25) is 0 Å². The minimum absolute atomic E-state index is 0. The second-order valence-corrected chi connectivity index (χ2v) is 18.5. The fourth-order valence-electron chi connectivity index (χ4n) is 6.04. The summed E-state index contributed by atoms with van der Waals surface area (Å²) in [5, 5.41) is 14.2. The quantitative estimate of drug-likeness (QED) is 0.0527. The summed E-state index contributed by atoms with van der Waals surface area (Å²) < 4.78 is 57.1. The molecule has 2 heterocycles. The Balaban J connectivity index is 0.000000298. The van der Waals surface area contributed by atoms with E-state index in [0.717, 1.165) is 39.2 Å². The third kappa shape index (κ3) is 9.27. The summed E-state index contributed by atoms with van der Waals surface area (Å²) in [4.78, 5) is 16.6. The summed E-state index contributed by atoms with van der Waals surface area (Å²) in [7, 11) is -1.63. The van der Waals surface area contributed by atoms with Crippen LogP contribution in [0.5, 0.6) is 0 Å². The van der Waals surface area contributed by atoms with E-state index in [1.54, 1.807) is 13.0 Å². The number of ketones is 1. The Kier molecular flexibility index (Phi) is 13.2. The molecule has 1 N–H and O–H groups in total. The third-order valence-corrected chi connectivity index (χ3v) is 10.9. The molecule has 5 rings (SSSR count). The molecule has 2 aromatic heterocycles. The van der Waals surface area contributed by atoms with E-state index in [-0.39, 0.29) is 44.0 Å². The number of alkyl halides is 3. The van der Waals surface area contributed by atoms with Crippen molar-refractivity contribution in [1.29, 1.82) is 0 Å². The van der Waals surface area contributed by atoms with Crippen molar-refractivity contribution in [2.75, 3.05) is 0 Å². The number of hydrogen-bond donors (Lipinski definition) is 1. The van der Waals surface area contributed by atoms with Crippen LogP contribution in [0.15, 0.2) is 64.8 Å². The van der Waals surface area contributed by atoms with Crippen molar-refractivity contribution >= 4 is 51.9 Å². The number of furan rings is 1. The van der Waals surface area contributed by atoms with Crippen molar-refractivity contribution in [1.82, 2.24) is 4.98 Å². The van der Waals surface area contributed by atoms with Gasteiger partial charge in [-0.1, -0.05) is 87.7 Å². The first-order valence-corrected chi connectivity index (χ1v) is 19.9. The SMILES string of the molecule is CCC(CC(F)(F)F)C(=O)/C=C(\O)C(CC)CC.Cc1[c-]c(-c2cc([Si](C)(C)C)c3ccccc3n2)c2oc3c(C)c(F)ccc3c2c1.[Ir]. The summed E-state index contributed by atoms with van der Waals surface area (Å²) >= 11 is 0. The second kappa shape index (κ2) is 16.1. The van der Waals surface area contributed by atoms with Gasteiger partial charge in [0.25, 0.3) is 0 Å². The second-order valence-electron chi connectivity index (χ2n) is 13.5. The first kappa shape index (κ1) is 40.1. The van der Waals surface area contributed by atoms with E-state index >= 15 is 0 Å². The van der Waals surface area contributed by atoms with Gasteiger partial charge >= 0.3 is 6.18 Å². The van der Waals surface area contributed by atoms with Crippen molar-refractivity contribution in [3.05, 3.63) is 83.4 Å². The molecule has 0 aliphatic heterocycles. The van der Waals surface area contributed by atoms with Gasteiger partial charge in [-0.25, -0.2) is 4.39 Å². The molecular formula is C39H44F4IrNO3Si-. The number of aromatic nitrogens is 1. The van der Waals surface area contributed by atoms with Crippen LogP contribution in [0.25, 0.3) is 44.1 Å². The van der Waals surface area contributed by atoms with Crippen molar-refractivity contribution in [3.8, 4) is 11.3 Å². The number of benzene rings is 3. The van der Waals surface area contributed by atoms with Gasteiger partial charge in [-0.2, -0.15) is 13.2 Å². The Bertz CT molecular complexity index is 1970. The van der Waals surface area contributed by atoms with Gasteiger partial charge in [-0.05, 0) is 55.5 Å². The molecule has 0 amide bonds. The van der Waals surface area contributed by atoms with Crippen molar-refractivity contribution < 1.29 is 52.0 Å². The molecule has 3 aromatic carbocycles. The molecule has 1 unspecified atom stereocenters. The summed E-state index contributed by atoms with van der Waals surface area (Å²) in [5.74, 6) is -2.25. The van der Waals surface area contributed by atoms with Crippen LogP contribution >= 0.6 is 0 Å². The Morgan fingerprint density at radius 1 is 0.939 bits per heavy atom. The van der Waals surface area contributed by atoms with E-state index in [1.165, 1.54) is 23.6 Å². The molecule has 1 radical (unpaired) electrons. The number of aliphatic hydroxyl groups excluding tert-OH is 1. The van der Waals surface area contributed by atoms with Gasteiger partial charge in [0.05, 0.1) is 31.4 Å². The average molecular weight is 871 g/mol. The number of carbonyl (C=O) groups is 1. The minimum atomic E-state index is -4.35. The number of carbonyl (C=O) groups excluding carboxylic acids is 1. The van der Waals surface area contributed by atoms with Crippen LogP contribution in [-0.2, 0) is 24.9 Å². The van der Waals surface area contributed by atoms with Crippen LogP contribution in [0, 0.1) is 37.6 Å². The number of para-hydroxylation sites is 1. The monoisotopic (exact) mass is 871 g/mol. The van der Waals surface area contributed by atoms with Crippen LogP contribution < -0.4 is 5.19 Å². The number of hydrogen-bond acceptors (Lipinski definition) is 4. The molecule has 4 nitrogen and oxygen atoms in total. The van der Waals surface area contributed by atoms with E-state index in [2.05, 4.69) is 56.0 Å². The Labute approximate surface area is 300 Å². The van der Waals surface area contributed by atoms with Crippen LogP contribution in [0.4, 0.5) is 17.6 Å². The number of nitrogens with zero attached hydrogens (tertiary/aromatic N) is 1. The first-order valence-electron chi connectivity index (χ1n) is 16.4. The van der Waals surface area contributed by atoms with Crippen molar-refractivity contribution in [3.63, 3.8) is 0 Å². The molecular weight excluding hydrogens is 827 g/mol. The van der Waals surface area contributed by atoms with Crippen LogP contribution in [0.3, 0.4) is 0 Å². The predicted octanol–water partition coefficient (Wildman–Crippen LogP) is 11.3. The summed E-state index contributed by atoms with van der Waals surface area (Å²) in [6.45, 7) is 16.1. The Hall–Kier alpha value is -3.33. The smallest absolute Gasteiger partial charge is 0.389 e. The van der Waals surface area contributed by atoms with E-state index < -0.39 is 32.4 Å². The molecule has 0 fully saturated rings. The van der Waals surface area contributed by atoms with Gasteiger partial charge in [-0.15, -0.1) is 17.7 Å². The number of aliphatic hydroxyl groups is 1.